The van der Waals surface area contributed by atoms with Gasteiger partial charge in [-0.2, -0.15) is 9.78 Å². The molecule has 0 unspecified atom stereocenters. The van der Waals surface area contributed by atoms with Gasteiger partial charge in [0.2, 0.25) is 0 Å². The zero-order valence-electron chi connectivity index (χ0n) is 14.3. The smallest absolute Gasteiger partial charge is 0.435 e. The predicted molar refractivity (Wildman–Crippen MR) is 105 cm³/mol. The van der Waals surface area contributed by atoms with Crippen molar-refractivity contribution >= 4 is 39.6 Å². The van der Waals surface area contributed by atoms with Crippen molar-refractivity contribution in [1.82, 2.24) is 9.78 Å². The zero-order valence-corrected chi connectivity index (χ0v) is 16.5. The highest BCUT2D eigenvalue weighted by molar-refractivity contribution is 14.1. The van der Waals surface area contributed by atoms with Gasteiger partial charge in [-0.15, -0.1) is 0 Å². The second-order valence-corrected chi connectivity index (χ2v) is 7.66. The summed E-state index contributed by atoms with van der Waals surface area (Å²) in [6.45, 7) is 5.95. The van der Waals surface area contributed by atoms with Gasteiger partial charge >= 0.3 is 6.09 Å². The van der Waals surface area contributed by atoms with Crippen LogP contribution < -0.4 is 4.74 Å². The Balaban J connectivity index is 1.88. The molecule has 1 aromatic heterocycles. The average molecular weight is 450 g/mol. The van der Waals surface area contributed by atoms with Crippen LogP contribution in [-0.2, 0) is 11.3 Å². The first-order chi connectivity index (χ1) is 11.8. The van der Waals surface area contributed by atoms with E-state index in [1.54, 1.807) is 0 Å². The summed E-state index contributed by atoms with van der Waals surface area (Å²) < 4.78 is 13.3. The number of hydrogen-bond donors (Lipinski definition) is 0. The molecule has 0 fully saturated rings. The third-order valence-electron chi connectivity index (χ3n) is 3.42. The molecule has 25 heavy (non-hydrogen) atoms. The van der Waals surface area contributed by atoms with Gasteiger partial charge in [-0.05, 0) is 61.1 Å². The lowest BCUT2D eigenvalue weighted by Gasteiger charge is -2.19. The summed E-state index contributed by atoms with van der Waals surface area (Å²) in [5.41, 5.74) is 1.17. The van der Waals surface area contributed by atoms with Crippen LogP contribution in [0, 0.1) is 3.70 Å². The van der Waals surface area contributed by atoms with Crippen LogP contribution in [0.15, 0.2) is 48.5 Å². The number of aromatic nitrogens is 2. The molecule has 0 amide bonds. The fourth-order valence-corrected chi connectivity index (χ4v) is 3.00. The van der Waals surface area contributed by atoms with Crippen LogP contribution in [0.25, 0.3) is 10.9 Å². The Kier molecular flexibility index (Phi) is 4.99. The van der Waals surface area contributed by atoms with Gasteiger partial charge in [0, 0.05) is 11.5 Å². The van der Waals surface area contributed by atoms with Crippen molar-refractivity contribution in [1.29, 1.82) is 0 Å². The van der Waals surface area contributed by atoms with E-state index in [-0.39, 0.29) is 0 Å². The van der Waals surface area contributed by atoms with Crippen LogP contribution in [0.5, 0.6) is 5.75 Å². The number of fused-ring (bicyclic) bond motifs is 1. The van der Waals surface area contributed by atoms with Gasteiger partial charge in [0.15, 0.2) is 0 Å². The third kappa shape index (κ3) is 4.31. The van der Waals surface area contributed by atoms with E-state index in [2.05, 4.69) is 27.7 Å². The van der Waals surface area contributed by atoms with Gasteiger partial charge in [0.1, 0.15) is 21.7 Å². The van der Waals surface area contributed by atoms with Crippen LogP contribution in [0.4, 0.5) is 4.79 Å². The molecular formula is C19H19IN2O3. The Morgan fingerprint density at radius 2 is 1.88 bits per heavy atom. The molecule has 0 aliphatic carbocycles. The minimum atomic E-state index is -0.581. The number of halogens is 1. The van der Waals surface area contributed by atoms with Gasteiger partial charge in [-0.1, -0.05) is 30.3 Å². The van der Waals surface area contributed by atoms with Crippen LogP contribution >= 0.6 is 22.6 Å². The molecule has 0 radical (unpaired) electrons. The average Bonchev–Trinajstić information content (AvgIpc) is 2.89. The molecule has 0 saturated heterocycles. The van der Waals surface area contributed by atoms with Gasteiger partial charge in [-0.3, -0.25) is 0 Å². The maximum absolute atomic E-state index is 12.4. The second-order valence-electron chi connectivity index (χ2n) is 6.64. The molecule has 3 rings (SSSR count). The van der Waals surface area contributed by atoms with E-state index in [1.807, 2.05) is 69.3 Å². The number of hydrogen-bond acceptors (Lipinski definition) is 4. The summed E-state index contributed by atoms with van der Waals surface area (Å²) in [7, 11) is 0. The summed E-state index contributed by atoms with van der Waals surface area (Å²) >= 11 is 2.11. The SMILES string of the molecule is CC(C)(C)OC(=O)n1nc(I)c2ccc(OCc3ccccc3)cc21. The molecule has 0 aliphatic heterocycles. The van der Waals surface area contributed by atoms with Crippen LogP contribution in [-0.4, -0.2) is 21.5 Å². The lowest BCUT2D eigenvalue weighted by molar-refractivity contribution is 0.0522. The third-order valence-corrected chi connectivity index (χ3v) is 4.22. The molecule has 0 bridgehead atoms. The van der Waals surface area contributed by atoms with E-state index in [4.69, 9.17) is 9.47 Å². The molecule has 0 atom stereocenters. The Morgan fingerprint density at radius 1 is 1.16 bits per heavy atom. The number of carbonyl (C=O) groups excluding carboxylic acids is 1. The molecule has 1 heterocycles. The molecular weight excluding hydrogens is 431 g/mol. The minimum absolute atomic E-state index is 0.462. The van der Waals surface area contributed by atoms with Crippen molar-refractivity contribution in [2.24, 2.45) is 0 Å². The molecule has 0 aliphatic rings. The van der Waals surface area contributed by atoms with E-state index < -0.39 is 11.7 Å². The molecule has 6 heteroatoms. The minimum Gasteiger partial charge on any atom is -0.489 e. The highest BCUT2D eigenvalue weighted by Gasteiger charge is 2.21. The molecule has 2 aromatic carbocycles. The van der Waals surface area contributed by atoms with E-state index >= 15 is 0 Å². The van der Waals surface area contributed by atoms with Crippen molar-refractivity contribution in [3.8, 4) is 5.75 Å². The standard InChI is InChI=1S/C19H19IN2O3/c1-19(2,3)25-18(23)22-16-11-14(9-10-15(16)17(20)21-22)24-12-13-7-5-4-6-8-13/h4-11H,12H2,1-3H3. The van der Waals surface area contributed by atoms with E-state index in [0.29, 0.717) is 17.9 Å². The monoisotopic (exact) mass is 450 g/mol. The predicted octanol–water partition coefficient (Wildman–Crippen LogP) is 5.00. The summed E-state index contributed by atoms with van der Waals surface area (Å²) in [4.78, 5) is 12.4. The first-order valence-corrected chi connectivity index (χ1v) is 9.00. The first-order valence-electron chi connectivity index (χ1n) is 7.92. The van der Waals surface area contributed by atoms with Gasteiger partial charge < -0.3 is 9.47 Å². The molecule has 3 aromatic rings. The zero-order chi connectivity index (χ0) is 18.0. The highest BCUT2D eigenvalue weighted by Crippen LogP contribution is 2.26. The lowest BCUT2D eigenvalue weighted by Crippen LogP contribution is -2.27. The van der Waals surface area contributed by atoms with Crippen molar-refractivity contribution in [2.75, 3.05) is 0 Å². The Hall–Kier alpha value is -2.09. The van der Waals surface area contributed by atoms with Crippen molar-refractivity contribution in [3.05, 3.63) is 57.8 Å². The maximum Gasteiger partial charge on any atom is 0.435 e. The molecule has 130 valence electrons. The van der Waals surface area contributed by atoms with E-state index in [0.717, 1.165) is 14.7 Å². The van der Waals surface area contributed by atoms with Crippen molar-refractivity contribution < 1.29 is 14.3 Å². The van der Waals surface area contributed by atoms with Crippen LogP contribution in [0.1, 0.15) is 26.3 Å². The normalized spacial score (nSPS) is 11.5. The number of ether oxygens (including phenoxy) is 2. The van der Waals surface area contributed by atoms with Crippen LogP contribution in [0.2, 0.25) is 0 Å². The molecule has 0 saturated carbocycles. The van der Waals surface area contributed by atoms with Crippen molar-refractivity contribution in [2.45, 2.75) is 33.0 Å². The highest BCUT2D eigenvalue weighted by atomic mass is 127. The quantitative estimate of drug-likeness (QED) is 0.527. The fraction of sp³-hybridized carbons (Fsp3) is 0.263. The fourth-order valence-electron chi connectivity index (χ4n) is 2.33. The topological polar surface area (TPSA) is 53.4 Å². The van der Waals surface area contributed by atoms with E-state index in [1.165, 1.54) is 4.68 Å². The first kappa shape index (κ1) is 17.7. The van der Waals surface area contributed by atoms with Gasteiger partial charge in [-0.25, -0.2) is 4.79 Å². The number of carbonyl (C=O) groups is 1. The Bertz CT molecular complexity index is 898. The number of benzene rings is 2. The summed E-state index contributed by atoms with van der Waals surface area (Å²) in [6.07, 6.45) is -0.499. The Morgan fingerprint density at radius 3 is 2.56 bits per heavy atom. The number of rotatable bonds is 3. The maximum atomic E-state index is 12.4. The second kappa shape index (κ2) is 7.03. The Labute approximate surface area is 160 Å². The lowest BCUT2D eigenvalue weighted by atomic mass is 10.2. The summed E-state index contributed by atoms with van der Waals surface area (Å²) in [5.74, 6) is 0.678. The van der Waals surface area contributed by atoms with Crippen molar-refractivity contribution in [3.63, 3.8) is 0 Å². The molecule has 5 nitrogen and oxygen atoms in total. The number of nitrogens with zero attached hydrogens (tertiary/aromatic N) is 2. The summed E-state index contributed by atoms with van der Waals surface area (Å²) in [5, 5.41) is 5.19. The van der Waals surface area contributed by atoms with Crippen LogP contribution in [0.3, 0.4) is 0 Å². The van der Waals surface area contributed by atoms with E-state index in [9.17, 15) is 4.79 Å². The largest absolute Gasteiger partial charge is 0.489 e. The van der Waals surface area contributed by atoms with Gasteiger partial charge in [0.25, 0.3) is 0 Å². The molecule has 0 N–H and O–H groups in total. The molecule has 0 spiro atoms. The summed E-state index contributed by atoms with van der Waals surface area (Å²) in [6, 6.07) is 15.5. The van der Waals surface area contributed by atoms with Gasteiger partial charge in [0.05, 0.1) is 5.52 Å².